The highest BCUT2D eigenvalue weighted by molar-refractivity contribution is 6.06. The van der Waals surface area contributed by atoms with E-state index < -0.39 is 23.3 Å². The molecule has 4 atom stereocenters. The Morgan fingerprint density at radius 2 is 1.89 bits per heavy atom. The number of ether oxygens (including phenoxy) is 2. The second-order valence-corrected chi connectivity index (χ2v) is 12.8. The highest BCUT2D eigenvalue weighted by atomic mass is 19.1. The molecule has 4 aliphatic rings. The van der Waals surface area contributed by atoms with Gasteiger partial charge in [0, 0.05) is 54.8 Å². The molecular formula is C35H33F3N6O2. The SMILES string of the molecule is C#Cc1c(F)ccc2cc(N)cc(-c3cc(OC)c4c(N5CC6C=CC(C5)N6)nc(OC[C@@]56CCCN5C[C@H](F)C6)nc4c3F)c12. The van der Waals surface area contributed by atoms with Crippen LogP contribution in [0, 0.1) is 24.0 Å². The van der Waals surface area contributed by atoms with Gasteiger partial charge in [-0.2, -0.15) is 9.97 Å². The molecule has 2 bridgehead atoms. The highest BCUT2D eigenvalue weighted by Gasteiger charge is 2.49. The van der Waals surface area contributed by atoms with Gasteiger partial charge in [0.05, 0.1) is 23.6 Å². The second kappa shape index (κ2) is 10.8. The average Bonchev–Trinajstić information content (AvgIpc) is 3.70. The molecule has 4 aromatic rings. The maximum Gasteiger partial charge on any atom is 0.319 e. The summed E-state index contributed by atoms with van der Waals surface area (Å²) in [7, 11) is 1.50. The van der Waals surface area contributed by atoms with Crippen LogP contribution in [0.25, 0.3) is 32.8 Å². The summed E-state index contributed by atoms with van der Waals surface area (Å²) in [6.45, 7) is 2.57. The first kappa shape index (κ1) is 28.9. The van der Waals surface area contributed by atoms with Crippen LogP contribution in [0.1, 0.15) is 24.8 Å². The average molecular weight is 627 g/mol. The van der Waals surface area contributed by atoms with E-state index in [9.17, 15) is 8.78 Å². The molecule has 4 aliphatic heterocycles. The van der Waals surface area contributed by atoms with Gasteiger partial charge in [-0.25, -0.2) is 13.2 Å². The molecule has 0 radical (unpaired) electrons. The standard InChI is InChI=1S/C35H33F3N6O2/c1-3-24-27(37)8-5-19-11-21(39)12-25(29(19)24)26-13-28(45-2)30-32(31(26)38)41-34(42-33(30)43-16-22-6-7-23(17-43)40-22)46-18-35-9-4-10-44(35)15-20(36)14-35/h1,5-8,11-13,20,22-23,40H,4,9-10,14-18,39H2,2H3/t20-,22?,23?,35+/m1/s1. The van der Waals surface area contributed by atoms with Gasteiger partial charge in [-0.3, -0.25) is 4.90 Å². The lowest BCUT2D eigenvalue weighted by molar-refractivity contribution is 0.107. The van der Waals surface area contributed by atoms with E-state index in [0.717, 1.165) is 19.4 Å². The van der Waals surface area contributed by atoms with Gasteiger partial charge in [0.1, 0.15) is 35.7 Å². The predicted octanol–water partition coefficient (Wildman–Crippen LogP) is 4.97. The van der Waals surface area contributed by atoms with Gasteiger partial charge in [0.25, 0.3) is 0 Å². The summed E-state index contributed by atoms with van der Waals surface area (Å²) < 4.78 is 58.7. The summed E-state index contributed by atoms with van der Waals surface area (Å²) in [5.41, 5.74) is 6.57. The van der Waals surface area contributed by atoms with Crippen LogP contribution in [-0.4, -0.2) is 78.6 Å². The smallest absolute Gasteiger partial charge is 0.319 e. The zero-order valence-corrected chi connectivity index (χ0v) is 25.3. The summed E-state index contributed by atoms with van der Waals surface area (Å²) >= 11 is 0. The highest BCUT2D eigenvalue weighted by Crippen LogP contribution is 2.45. The van der Waals surface area contributed by atoms with Crippen molar-refractivity contribution in [1.29, 1.82) is 0 Å². The summed E-state index contributed by atoms with van der Waals surface area (Å²) in [5.74, 6) is 1.96. The lowest BCUT2D eigenvalue weighted by atomic mass is 9.92. The fourth-order valence-electron chi connectivity index (χ4n) is 7.93. The van der Waals surface area contributed by atoms with Gasteiger partial charge in [-0.1, -0.05) is 24.1 Å². The molecule has 3 saturated heterocycles. The number of hydrogen-bond donors (Lipinski definition) is 2. The summed E-state index contributed by atoms with van der Waals surface area (Å²) in [6.07, 6.45) is 11.2. The van der Waals surface area contributed by atoms with Gasteiger partial charge in [0.2, 0.25) is 0 Å². The van der Waals surface area contributed by atoms with E-state index in [0.29, 0.717) is 65.0 Å². The number of nitrogens with zero attached hydrogens (tertiary/aromatic N) is 4. The zero-order chi connectivity index (χ0) is 31.7. The van der Waals surface area contributed by atoms with E-state index in [1.165, 1.54) is 13.2 Å². The molecule has 2 unspecified atom stereocenters. The predicted molar refractivity (Wildman–Crippen MR) is 172 cm³/mol. The van der Waals surface area contributed by atoms with Gasteiger partial charge in [-0.05, 0) is 54.6 Å². The Labute approximate surface area is 264 Å². The topological polar surface area (TPSA) is 88.8 Å². The second-order valence-electron chi connectivity index (χ2n) is 12.8. The first-order chi connectivity index (χ1) is 22.3. The number of alkyl halides is 1. The number of terminal acetylenes is 1. The number of benzene rings is 3. The van der Waals surface area contributed by atoms with Crippen LogP contribution in [0.5, 0.6) is 11.8 Å². The van der Waals surface area contributed by atoms with E-state index in [1.54, 1.807) is 24.3 Å². The van der Waals surface area contributed by atoms with Crippen LogP contribution < -0.4 is 25.4 Å². The molecule has 1 aromatic heterocycles. The largest absolute Gasteiger partial charge is 0.496 e. The number of halogens is 3. The Kier molecular flexibility index (Phi) is 6.78. The molecule has 0 aliphatic carbocycles. The third kappa shape index (κ3) is 4.54. The molecule has 3 aromatic carbocycles. The Balaban J connectivity index is 1.32. The molecule has 3 N–H and O–H groups in total. The first-order valence-electron chi connectivity index (χ1n) is 15.5. The lowest BCUT2D eigenvalue weighted by Crippen LogP contribution is -2.52. The molecule has 8 nitrogen and oxygen atoms in total. The van der Waals surface area contributed by atoms with Crippen molar-refractivity contribution in [2.75, 3.05) is 50.5 Å². The van der Waals surface area contributed by atoms with E-state index in [1.807, 2.05) is 0 Å². The van der Waals surface area contributed by atoms with Crippen molar-refractivity contribution >= 4 is 33.2 Å². The number of fused-ring (bicyclic) bond motifs is 5. The number of nitrogens with two attached hydrogens (primary N) is 1. The zero-order valence-electron chi connectivity index (χ0n) is 25.3. The van der Waals surface area contributed by atoms with Crippen molar-refractivity contribution in [2.45, 2.75) is 43.1 Å². The van der Waals surface area contributed by atoms with E-state index in [2.05, 4.69) is 38.2 Å². The minimum absolute atomic E-state index is 0.00392. The first-order valence-corrected chi connectivity index (χ1v) is 15.5. The molecular weight excluding hydrogens is 593 g/mol. The number of nitrogen functional groups attached to an aromatic ring is 1. The number of methoxy groups -OCH3 is 1. The maximum atomic E-state index is 17.1. The van der Waals surface area contributed by atoms with Crippen molar-refractivity contribution < 1.29 is 22.6 Å². The monoisotopic (exact) mass is 626 g/mol. The van der Waals surface area contributed by atoms with Crippen LogP contribution in [0.4, 0.5) is 24.7 Å². The minimum atomic E-state index is -0.920. The molecule has 0 spiro atoms. The summed E-state index contributed by atoms with van der Waals surface area (Å²) in [4.78, 5) is 13.7. The number of hydrogen-bond acceptors (Lipinski definition) is 8. The number of aromatic nitrogens is 2. The quantitative estimate of drug-likeness (QED) is 0.176. The number of nitrogens with one attached hydrogen (secondary N) is 1. The lowest BCUT2D eigenvalue weighted by Gasteiger charge is -2.35. The molecule has 8 rings (SSSR count). The van der Waals surface area contributed by atoms with Crippen molar-refractivity contribution in [3.05, 3.63) is 59.7 Å². The molecule has 236 valence electrons. The normalized spacial score (nSPS) is 25.4. The summed E-state index contributed by atoms with van der Waals surface area (Å²) in [5, 5.41) is 4.84. The molecule has 0 saturated carbocycles. The Morgan fingerprint density at radius 1 is 1.09 bits per heavy atom. The molecule has 5 heterocycles. The molecule has 11 heteroatoms. The van der Waals surface area contributed by atoms with E-state index in [4.69, 9.17) is 26.6 Å². The number of rotatable bonds is 6. The minimum Gasteiger partial charge on any atom is -0.496 e. The van der Waals surface area contributed by atoms with Crippen molar-refractivity contribution in [3.8, 4) is 35.2 Å². The maximum absolute atomic E-state index is 17.1. The summed E-state index contributed by atoms with van der Waals surface area (Å²) in [6, 6.07) is 7.85. The van der Waals surface area contributed by atoms with Crippen LogP contribution >= 0.6 is 0 Å². The van der Waals surface area contributed by atoms with E-state index >= 15 is 4.39 Å². The van der Waals surface area contributed by atoms with Crippen molar-refractivity contribution in [3.63, 3.8) is 0 Å². The third-order valence-electron chi connectivity index (χ3n) is 9.95. The third-order valence-corrected chi connectivity index (χ3v) is 9.95. The Morgan fingerprint density at radius 3 is 2.65 bits per heavy atom. The number of anilines is 2. The van der Waals surface area contributed by atoms with Crippen molar-refractivity contribution in [2.24, 2.45) is 0 Å². The van der Waals surface area contributed by atoms with Gasteiger partial charge in [-0.15, -0.1) is 6.42 Å². The molecule has 46 heavy (non-hydrogen) atoms. The fourth-order valence-corrected chi connectivity index (χ4v) is 7.93. The Bertz CT molecular complexity index is 1960. The molecule has 0 amide bonds. The molecule has 3 fully saturated rings. The van der Waals surface area contributed by atoms with Crippen LogP contribution in [0.3, 0.4) is 0 Å². The number of piperazine rings is 1. The van der Waals surface area contributed by atoms with Gasteiger partial charge in [0.15, 0.2) is 5.82 Å². The van der Waals surface area contributed by atoms with Gasteiger partial charge >= 0.3 is 6.01 Å². The van der Waals surface area contributed by atoms with Gasteiger partial charge < -0.3 is 25.4 Å². The van der Waals surface area contributed by atoms with E-state index in [-0.39, 0.29) is 41.3 Å². The van der Waals surface area contributed by atoms with Crippen LogP contribution in [0.15, 0.2) is 42.5 Å². The fraction of sp³-hybridized carbons (Fsp3) is 0.371. The van der Waals surface area contributed by atoms with Crippen LogP contribution in [-0.2, 0) is 0 Å². The van der Waals surface area contributed by atoms with Crippen molar-refractivity contribution in [1.82, 2.24) is 20.2 Å². The Hall–Kier alpha value is -4.53. The van der Waals surface area contributed by atoms with Crippen LogP contribution in [0.2, 0.25) is 0 Å².